The van der Waals surface area contributed by atoms with Crippen molar-refractivity contribution in [3.8, 4) is 11.3 Å². The fourth-order valence-corrected chi connectivity index (χ4v) is 4.08. The molecule has 1 aromatic carbocycles. The SMILES string of the molecule is CN1CCN(C(=O)C2CCCN2C(=O)c2cc(-c3cccc(Cl)c3)n[nH]2)CC1. The van der Waals surface area contributed by atoms with Crippen molar-refractivity contribution in [1.82, 2.24) is 24.9 Å². The topological polar surface area (TPSA) is 72.5 Å². The molecule has 8 heteroatoms. The summed E-state index contributed by atoms with van der Waals surface area (Å²) in [5.41, 5.74) is 1.90. The number of hydrogen-bond acceptors (Lipinski definition) is 4. The van der Waals surface area contributed by atoms with Gasteiger partial charge in [-0.3, -0.25) is 14.7 Å². The lowest BCUT2D eigenvalue weighted by atomic mass is 10.1. The molecular formula is C20H24ClN5O2. The summed E-state index contributed by atoms with van der Waals surface area (Å²) in [6.45, 7) is 3.77. The largest absolute Gasteiger partial charge is 0.338 e. The van der Waals surface area contributed by atoms with Gasteiger partial charge in [0, 0.05) is 43.3 Å². The monoisotopic (exact) mass is 401 g/mol. The summed E-state index contributed by atoms with van der Waals surface area (Å²) in [6, 6.07) is 8.69. The van der Waals surface area contributed by atoms with E-state index in [-0.39, 0.29) is 17.9 Å². The van der Waals surface area contributed by atoms with Gasteiger partial charge in [0.2, 0.25) is 5.91 Å². The maximum Gasteiger partial charge on any atom is 0.272 e. The van der Waals surface area contributed by atoms with Crippen LogP contribution in [-0.2, 0) is 4.79 Å². The lowest BCUT2D eigenvalue weighted by Crippen LogP contribution is -2.53. The van der Waals surface area contributed by atoms with Crippen LogP contribution in [-0.4, -0.2) is 82.5 Å². The number of likely N-dealkylation sites (tertiary alicyclic amines) is 1. The first-order valence-corrected chi connectivity index (χ1v) is 10.0. The van der Waals surface area contributed by atoms with Gasteiger partial charge < -0.3 is 14.7 Å². The molecule has 0 aliphatic carbocycles. The molecule has 0 bridgehead atoms. The Bertz CT molecular complexity index is 875. The number of aromatic amines is 1. The molecule has 2 aliphatic heterocycles. The molecule has 2 amide bonds. The first-order chi connectivity index (χ1) is 13.5. The molecule has 1 aromatic heterocycles. The Kier molecular flexibility index (Phi) is 5.37. The molecule has 2 aliphatic rings. The molecule has 28 heavy (non-hydrogen) atoms. The highest BCUT2D eigenvalue weighted by Crippen LogP contribution is 2.25. The molecule has 1 unspecified atom stereocenters. The van der Waals surface area contributed by atoms with Crippen molar-refractivity contribution in [3.05, 3.63) is 41.0 Å². The van der Waals surface area contributed by atoms with Crippen LogP contribution >= 0.6 is 11.6 Å². The van der Waals surface area contributed by atoms with E-state index in [4.69, 9.17) is 11.6 Å². The highest BCUT2D eigenvalue weighted by Gasteiger charge is 2.38. The first-order valence-electron chi connectivity index (χ1n) is 9.62. The van der Waals surface area contributed by atoms with Crippen molar-refractivity contribution in [1.29, 1.82) is 0 Å². The smallest absolute Gasteiger partial charge is 0.272 e. The predicted octanol–water partition coefficient (Wildman–Crippen LogP) is 2.11. The second kappa shape index (κ2) is 7.93. The summed E-state index contributed by atoms with van der Waals surface area (Å²) >= 11 is 6.05. The van der Waals surface area contributed by atoms with Crippen molar-refractivity contribution in [2.75, 3.05) is 39.8 Å². The average Bonchev–Trinajstić information content (AvgIpc) is 3.37. The fraction of sp³-hybridized carbons (Fsp3) is 0.450. The Hall–Kier alpha value is -2.38. The molecule has 0 spiro atoms. The van der Waals surface area contributed by atoms with E-state index in [0.29, 0.717) is 29.4 Å². The summed E-state index contributed by atoms with van der Waals surface area (Å²) in [6.07, 6.45) is 1.55. The maximum atomic E-state index is 13.1. The number of nitrogens with one attached hydrogen (secondary N) is 1. The van der Waals surface area contributed by atoms with Gasteiger partial charge in [0.25, 0.3) is 5.91 Å². The second-order valence-corrected chi connectivity index (χ2v) is 7.90. The predicted molar refractivity (Wildman–Crippen MR) is 107 cm³/mol. The van der Waals surface area contributed by atoms with Crippen LogP contribution in [0.15, 0.2) is 30.3 Å². The zero-order valence-electron chi connectivity index (χ0n) is 15.9. The minimum Gasteiger partial charge on any atom is -0.338 e. The van der Waals surface area contributed by atoms with Gasteiger partial charge in [-0.1, -0.05) is 23.7 Å². The third kappa shape index (κ3) is 3.77. The molecule has 4 rings (SSSR count). The van der Waals surface area contributed by atoms with Crippen molar-refractivity contribution < 1.29 is 9.59 Å². The Balaban J connectivity index is 1.49. The minimum atomic E-state index is -0.381. The number of rotatable bonds is 3. The summed E-state index contributed by atoms with van der Waals surface area (Å²) in [4.78, 5) is 31.8. The lowest BCUT2D eigenvalue weighted by Gasteiger charge is -2.35. The molecule has 0 saturated carbocycles. The number of piperazine rings is 1. The fourth-order valence-electron chi connectivity index (χ4n) is 3.89. The summed E-state index contributed by atoms with van der Waals surface area (Å²) in [5.74, 6) is -0.112. The number of benzene rings is 1. The third-order valence-corrected chi connectivity index (χ3v) is 5.78. The van der Waals surface area contributed by atoms with Crippen molar-refractivity contribution in [3.63, 3.8) is 0 Å². The van der Waals surface area contributed by atoms with Crippen LogP contribution in [0.3, 0.4) is 0 Å². The van der Waals surface area contributed by atoms with Gasteiger partial charge >= 0.3 is 0 Å². The Morgan fingerprint density at radius 1 is 1.14 bits per heavy atom. The quantitative estimate of drug-likeness (QED) is 0.854. The van der Waals surface area contributed by atoms with Crippen LogP contribution in [0.2, 0.25) is 5.02 Å². The van der Waals surface area contributed by atoms with E-state index in [9.17, 15) is 9.59 Å². The van der Waals surface area contributed by atoms with Crippen LogP contribution in [0.1, 0.15) is 23.3 Å². The zero-order chi connectivity index (χ0) is 19.7. The molecule has 148 valence electrons. The number of aromatic nitrogens is 2. The van der Waals surface area contributed by atoms with Gasteiger partial charge in [-0.05, 0) is 38.1 Å². The number of nitrogens with zero attached hydrogens (tertiary/aromatic N) is 4. The number of amides is 2. The number of carbonyl (C=O) groups excluding carboxylic acids is 2. The third-order valence-electron chi connectivity index (χ3n) is 5.54. The molecule has 1 atom stereocenters. The molecule has 2 fully saturated rings. The number of hydrogen-bond donors (Lipinski definition) is 1. The van der Waals surface area contributed by atoms with Crippen LogP contribution in [0.5, 0.6) is 0 Å². The number of likely N-dealkylation sites (N-methyl/N-ethyl adjacent to an activating group) is 1. The number of H-pyrrole nitrogens is 1. The van der Waals surface area contributed by atoms with E-state index >= 15 is 0 Å². The summed E-state index contributed by atoms with van der Waals surface area (Å²) in [7, 11) is 2.06. The zero-order valence-corrected chi connectivity index (χ0v) is 16.7. The van der Waals surface area contributed by atoms with E-state index in [1.165, 1.54) is 0 Å². The van der Waals surface area contributed by atoms with Crippen LogP contribution < -0.4 is 0 Å². The molecule has 0 radical (unpaired) electrons. The minimum absolute atomic E-state index is 0.0635. The van der Waals surface area contributed by atoms with Crippen LogP contribution in [0, 0.1) is 0 Å². The van der Waals surface area contributed by atoms with Gasteiger partial charge in [0.15, 0.2) is 0 Å². The van der Waals surface area contributed by atoms with Gasteiger partial charge in [-0.15, -0.1) is 0 Å². The van der Waals surface area contributed by atoms with Crippen LogP contribution in [0.25, 0.3) is 11.3 Å². The summed E-state index contributed by atoms with van der Waals surface area (Å²) < 4.78 is 0. The highest BCUT2D eigenvalue weighted by atomic mass is 35.5. The Morgan fingerprint density at radius 2 is 1.93 bits per heavy atom. The van der Waals surface area contributed by atoms with Crippen molar-refractivity contribution >= 4 is 23.4 Å². The van der Waals surface area contributed by atoms with Gasteiger partial charge in [0.1, 0.15) is 11.7 Å². The lowest BCUT2D eigenvalue weighted by molar-refractivity contribution is -0.136. The van der Waals surface area contributed by atoms with Gasteiger partial charge in [-0.2, -0.15) is 5.10 Å². The van der Waals surface area contributed by atoms with E-state index in [0.717, 1.165) is 38.2 Å². The molecule has 7 nitrogen and oxygen atoms in total. The van der Waals surface area contributed by atoms with Crippen LogP contribution in [0.4, 0.5) is 0 Å². The molecule has 2 aromatic rings. The van der Waals surface area contributed by atoms with Gasteiger partial charge in [0.05, 0.1) is 5.69 Å². The summed E-state index contributed by atoms with van der Waals surface area (Å²) in [5, 5.41) is 7.70. The normalized spacial score (nSPS) is 20.6. The second-order valence-electron chi connectivity index (χ2n) is 7.46. The van der Waals surface area contributed by atoms with E-state index in [2.05, 4.69) is 22.1 Å². The van der Waals surface area contributed by atoms with Crippen molar-refractivity contribution in [2.45, 2.75) is 18.9 Å². The average molecular weight is 402 g/mol. The number of carbonyl (C=O) groups is 2. The maximum absolute atomic E-state index is 13.1. The number of halogens is 1. The highest BCUT2D eigenvalue weighted by molar-refractivity contribution is 6.30. The first kappa shape index (κ1) is 19.0. The molecule has 1 N–H and O–H groups in total. The van der Waals surface area contributed by atoms with E-state index in [1.54, 1.807) is 17.0 Å². The molecular weight excluding hydrogens is 378 g/mol. The molecule has 3 heterocycles. The van der Waals surface area contributed by atoms with Crippen molar-refractivity contribution in [2.24, 2.45) is 0 Å². The Labute approximate surface area is 169 Å². The molecule has 2 saturated heterocycles. The van der Waals surface area contributed by atoms with Gasteiger partial charge in [-0.25, -0.2) is 0 Å². The Morgan fingerprint density at radius 3 is 2.68 bits per heavy atom. The van der Waals surface area contributed by atoms with E-state index in [1.807, 2.05) is 23.1 Å². The standard InChI is InChI=1S/C20H24ClN5O2/c1-24-8-10-25(11-9-24)20(28)18-6-3-7-26(18)19(27)17-13-16(22-23-17)14-4-2-5-15(21)12-14/h2,4-5,12-13,18H,3,6-11H2,1H3,(H,22,23). The van der Waals surface area contributed by atoms with E-state index < -0.39 is 0 Å².